The summed E-state index contributed by atoms with van der Waals surface area (Å²) in [6.07, 6.45) is 3.74. The van der Waals surface area contributed by atoms with Crippen LogP contribution in [0.3, 0.4) is 0 Å². The lowest BCUT2D eigenvalue weighted by molar-refractivity contribution is -0.122. The summed E-state index contributed by atoms with van der Waals surface area (Å²) >= 11 is 0. The van der Waals surface area contributed by atoms with E-state index in [2.05, 4.69) is 10.2 Å². The first-order valence-corrected chi connectivity index (χ1v) is 12.4. The van der Waals surface area contributed by atoms with Gasteiger partial charge in [-0.05, 0) is 61.6 Å². The number of anilines is 1. The Morgan fingerprint density at radius 2 is 1.94 bits per heavy atom. The zero-order valence-electron chi connectivity index (χ0n) is 20.3. The Morgan fingerprint density at radius 1 is 1.11 bits per heavy atom. The lowest BCUT2D eigenvalue weighted by Gasteiger charge is -2.26. The van der Waals surface area contributed by atoms with E-state index in [0.717, 1.165) is 43.4 Å². The Hall–Kier alpha value is -3.78. The molecule has 5 rings (SSSR count). The lowest BCUT2D eigenvalue weighted by atomic mass is 10.0. The maximum Gasteiger partial charge on any atom is 0.242 e. The summed E-state index contributed by atoms with van der Waals surface area (Å²) in [5.74, 6) is 1.95. The molecule has 8 nitrogen and oxygen atoms in total. The van der Waals surface area contributed by atoms with E-state index >= 15 is 0 Å². The number of aromatic hydroxyl groups is 1. The molecule has 2 fully saturated rings. The Morgan fingerprint density at radius 3 is 2.69 bits per heavy atom. The lowest BCUT2D eigenvalue weighted by Crippen LogP contribution is -2.44. The number of methoxy groups -OCH3 is 1. The molecular formula is C28H31N3O5. The standard InChI is InChI=1S/C28H31N3O5/c1-35-20-10-11-22(25(33)17-20)23-15-18(21-5-2-3-7-26(21)36-14-13-32)16-27(30-23)31-12-4-6-24(31)28(34)29-19-8-9-19/h2-3,5,7,10-11,15-17,19,24,32-33H,4,6,8-9,12-14H2,1H3,(H,29,34)/t24-/m0/s1. The Balaban J connectivity index is 1.60. The van der Waals surface area contributed by atoms with E-state index in [1.807, 2.05) is 36.4 Å². The quantitative estimate of drug-likeness (QED) is 0.421. The van der Waals surface area contributed by atoms with Gasteiger partial charge in [0.15, 0.2) is 0 Å². The van der Waals surface area contributed by atoms with Crippen LogP contribution in [0.25, 0.3) is 22.4 Å². The number of pyridine rings is 1. The highest BCUT2D eigenvalue weighted by molar-refractivity contribution is 5.87. The maximum absolute atomic E-state index is 13.0. The van der Waals surface area contributed by atoms with Crippen LogP contribution in [-0.2, 0) is 4.79 Å². The molecule has 36 heavy (non-hydrogen) atoms. The number of nitrogens with one attached hydrogen (secondary N) is 1. The van der Waals surface area contributed by atoms with E-state index in [1.165, 1.54) is 0 Å². The van der Waals surface area contributed by atoms with Gasteiger partial charge in [0.05, 0.1) is 19.4 Å². The minimum absolute atomic E-state index is 0.0442. The minimum Gasteiger partial charge on any atom is -0.507 e. The molecule has 1 saturated heterocycles. The van der Waals surface area contributed by atoms with Crippen molar-refractivity contribution < 1.29 is 24.5 Å². The first-order valence-electron chi connectivity index (χ1n) is 12.4. The summed E-state index contributed by atoms with van der Waals surface area (Å²) in [4.78, 5) is 20.0. The van der Waals surface area contributed by atoms with Crippen molar-refractivity contribution in [3.63, 3.8) is 0 Å². The Kier molecular flexibility index (Phi) is 6.95. The van der Waals surface area contributed by atoms with Crippen molar-refractivity contribution in [2.75, 3.05) is 31.8 Å². The molecule has 0 radical (unpaired) electrons. The van der Waals surface area contributed by atoms with Gasteiger partial charge in [0.25, 0.3) is 0 Å². The van der Waals surface area contributed by atoms with Crippen molar-refractivity contribution in [3.05, 3.63) is 54.6 Å². The van der Waals surface area contributed by atoms with Crippen LogP contribution in [0.1, 0.15) is 25.7 Å². The molecule has 8 heteroatoms. The molecule has 0 spiro atoms. The van der Waals surface area contributed by atoms with Crippen LogP contribution in [0.15, 0.2) is 54.6 Å². The molecule has 0 bridgehead atoms. The average molecular weight is 490 g/mol. The van der Waals surface area contributed by atoms with E-state index in [-0.39, 0.29) is 30.9 Å². The molecule has 1 atom stereocenters. The molecule has 188 valence electrons. The number of aromatic nitrogens is 1. The van der Waals surface area contributed by atoms with Gasteiger partial charge in [-0.2, -0.15) is 0 Å². The van der Waals surface area contributed by atoms with Crippen molar-refractivity contribution in [2.45, 2.75) is 37.8 Å². The molecule has 1 aromatic heterocycles. The summed E-state index contributed by atoms with van der Waals surface area (Å²) in [7, 11) is 1.55. The van der Waals surface area contributed by atoms with Gasteiger partial charge in [0, 0.05) is 29.8 Å². The second-order valence-corrected chi connectivity index (χ2v) is 9.18. The van der Waals surface area contributed by atoms with Crippen LogP contribution >= 0.6 is 0 Å². The molecule has 0 unspecified atom stereocenters. The molecule has 1 amide bonds. The van der Waals surface area contributed by atoms with E-state index in [1.54, 1.807) is 25.3 Å². The van der Waals surface area contributed by atoms with E-state index < -0.39 is 0 Å². The summed E-state index contributed by atoms with van der Waals surface area (Å²) in [6.45, 7) is 0.805. The maximum atomic E-state index is 13.0. The fourth-order valence-electron chi connectivity index (χ4n) is 4.64. The van der Waals surface area contributed by atoms with Crippen LogP contribution < -0.4 is 19.7 Å². The van der Waals surface area contributed by atoms with Gasteiger partial charge in [-0.3, -0.25) is 4.79 Å². The number of carbonyl (C=O) groups excluding carboxylic acids is 1. The second-order valence-electron chi connectivity index (χ2n) is 9.18. The minimum atomic E-state index is -0.286. The van der Waals surface area contributed by atoms with Gasteiger partial charge in [-0.15, -0.1) is 0 Å². The summed E-state index contributed by atoms with van der Waals surface area (Å²) in [5.41, 5.74) is 2.81. The monoisotopic (exact) mass is 489 g/mol. The molecule has 3 aromatic rings. The highest BCUT2D eigenvalue weighted by Gasteiger charge is 2.35. The number of carbonyl (C=O) groups is 1. The summed E-state index contributed by atoms with van der Waals surface area (Å²) in [6, 6.07) is 16.6. The Bertz CT molecular complexity index is 1240. The van der Waals surface area contributed by atoms with Crippen molar-refractivity contribution in [2.24, 2.45) is 0 Å². The van der Waals surface area contributed by atoms with Crippen LogP contribution in [0.5, 0.6) is 17.2 Å². The highest BCUT2D eigenvalue weighted by Crippen LogP contribution is 2.39. The topological polar surface area (TPSA) is 104 Å². The van der Waals surface area contributed by atoms with Gasteiger partial charge in [0.1, 0.15) is 35.7 Å². The molecule has 1 aliphatic heterocycles. The summed E-state index contributed by atoms with van der Waals surface area (Å²) in [5, 5.41) is 23.2. The largest absolute Gasteiger partial charge is 0.507 e. The van der Waals surface area contributed by atoms with Crippen molar-refractivity contribution in [1.29, 1.82) is 0 Å². The van der Waals surface area contributed by atoms with E-state index in [9.17, 15) is 15.0 Å². The average Bonchev–Trinajstić information content (AvgIpc) is 3.57. The van der Waals surface area contributed by atoms with E-state index in [0.29, 0.717) is 34.6 Å². The van der Waals surface area contributed by atoms with Gasteiger partial charge < -0.3 is 29.9 Å². The van der Waals surface area contributed by atoms with Gasteiger partial charge in [-0.1, -0.05) is 18.2 Å². The Labute approximate surface area is 210 Å². The first-order chi connectivity index (χ1) is 17.6. The third kappa shape index (κ3) is 5.09. The molecular weight excluding hydrogens is 458 g/mol. The number of aliphatic hydroxyl groups is 1. The number of phenols is 1. The highest BCUT2D eigenvalue weighted by atomic mass is 16.5. The number of nitrogens with zero attached hydrogens (tertiary/aromatic N) is 2. The molecule has 2 heterocycles. The van der Waals surface area contributed by atoms with Crippen molar-refractivity contribution >= 4 is 11.7 Å². The number of para-hydroxylation sites is 1. The summed E-state index contributed by atoms with van der Waals surface area (Å²) < 4.78 is 11.0. The fraction of sp³-hybridized carbons (Fsp3) is 0.357. The number of amides is 1. The third-order valence-electron chi connectivity index (χ3n) is 6.61. The van der Waals surface area contributed by atoms with Gasteiger partial charge in [-0.25, -0.2) is 4.98 Å². The van der Waals surface area contributed by atoms with Crippen molar-refractivity contribution in [1.82, 2.24) is 10.3 Å². The molecule has 2 aliphatic rings. The molecule has 3 N–H and O–H groups in total. The number of rotatable bonds is 9. The van der Waals surface area contributed by atoms with Gasteiger partial charge >= 0.3 is 0 Å². The molecule has 1 aliphatic carbocycles. The fourth-order valence-corrected chi connectivity index (χ4v) is 4.64. The predicted molar refractivity (Wildman–Crippen MR) is 137 cm³/mol. The van der Waals surface area contributed by atoms with Crippen LogP contribution in [0.2, 0.25) is 0 Å². The van der Waals surface area contributed by atoms with E-state index in [4.69, 9.17) is 14.5 Å². The molecule has 1 saturated carbocycles. The smallest absolute Gasteiger partial charge is 0.242 e. The van der Waals surface area contributed by atoms with Crippen LogP contribution in [0, 0.1) is 0 Å². The van der Waals surface area contributed by atoms with Crippen LogP contribution in [0.4, 0.5) is 5.82 Å². The number of hydrogen-bond acceptors (Lipinski definition) is 7. The SMILES string of the molecule is COc1ccc(-c2cc(-c3ccccc3OCCO)cc(N3CCC[C@H]3C(=O)NC3CC3)n2)c(O)c1. The van der Waals surface area contributed by atoms with Crippen LogP contribution in [-0.4, -0.2) is 60.1 Å². The normalized spacial score (nSPS) is 17.2. The van der Waals surface area contributed by atoms with Gasteiger partial charge in [0.2, 0.25) is 5.91 Å². The second kappa shape index (κ2) is 10.5. The third-order valence-corrected chi connectivity index (χ3v) is 6.61. The molecule has 2 aromatic carbocycles. The zero-order chi connectivity index (χ0) is 25.1. The van der Waals surface area contributed by atoms with Crippen molar-refractivity contribution in [3.8, 4) is 39.6 Å². The number of phenolic OH excluding ortho intramolecular Hbond substituents is 1. The number of aliphatic hydroxyl groups excluding tert-OH is 1. The first kappa shape index (κ1) is 23.9. The number of ether oxygens (including phenoxy) is 2. The zero-order valence-corrected chi connectivity index (χ0v) is 20.3. The number of hydrogen-bond donors (Lipinski definition) is 3. The number of benzene rings is 2. The predicted octanol–water partition coefficient (Wildman–Crippen LogP) is 3.75.